The first kappa shape index (κ1) is 27.6. The van der Waals surface area contributed by atoms with E-state index in [1.54, 1.807) is 28.1 Å². The quantitative estimate of drug-likeness (QED) is 0.102. The van der Waals surface area contributed by atoms with Crippen molar-refractivity contribution in [2.75, 3.05) is 49.2 Å². The van der Waals surface area contributed by atoms with Crippen molar-refractivity contribution in [1.82, 2.24) is 14.5 Å². The van der Waals surface area contributed by atoms with Gasteiger partial charge in [0, 0.05) is 37.7 Å². The number of thiocarbonyl (C=S) groups is 1. The Kier molecular flexibility index (Phi) is 9.44. The number of hydrogen-bond donors (Lipinski definition) is 0. The van der Waals surface area contributed by atoms with Gasteiger partial charge in [0.15, 0.2) is 5.16 Å². The zero-order valence-electron chi connectivity index (χ0n) is 22.0. The summed E-state index contributed by atoms with van der Waals surface area (Å²) in [5.74, 6) is 2.74. The fraction of sp³-hybridized carbons (Fsp3) is 0.300. The first-order chi connectivity index (χ1) is 19.2. The molecule has 202 valence electrons. The van der Waals surface area contributed by atoms with Gasteiger partial charge in [0.1, 0.15) is 10.1 Å². The molecule has 0 aliphatic carbocycles. The second kappa shape index (κ2) is 13.4. The maximum Gasteiger partial charge on any atom is 0.266 e. The van der Waals surface area contributed by atoms with Crippen LogP contribution < -0.4 is 15.2 Å². The van der Waals surface area contributed by atoms with Crippen LogP contribution in [-0.4, -0.2) is 63.1 Å². The van der Waals surface area contributed by atoms with Crippen LogP contribution >= 0.6 is 35.7 Å². The van der Waals surface area contributed by atoms with Gasteiger partial charge in [-0.15, -0.1) is 0 Å². The van der Waals surface area contributed by atoms with Gasteiger partial charge in [0.05, 0.1) is 28.9 Å². The fourth-order valence-electron chi connectivity index (χ4n) is 4.61. The lowest BCUT2D eigenvalue weighted by Crippen LogP contribution is -2.47. The molecule has 0 radical (unpaired) electrons. The maximum atomic E-state index is 13.3. The van der Waals surface area contributed by atoms with Crippen molar-refractivity contribution >= 4 is 56.7 Å². The highest BCUT2D eigenvalue weighted by atomic mass is 32.2. The minimum absolute atomic E-state index is 0.0344. The van der Waals surface area contributed by atoms with Crippen LogP contribution in [0.5, 0.6) is 5.75 Å². The summed E-state index contributed by atoms with van der Waals surface area (Å²) < 4.78 is 8.51. The summed E-state index contributed by atoms with van der Waals surface area (Å²) in [6.45, 7) is 6.34. The molecule has 0 unspecified atom stereocenters. The largest absolute Gasteiger partial charge is 0.492 e. The Bertz CT molecular complexity index is 1470. The number of thioether (sulfide) groups is 2. The number of aromatic nitrogens is 2. The van der Waals surface area contributed by atoms with Crippen molar-refractivity contribution in [3.8, 4) is 11.4 Å². The summed E-state index contributed by atoms with van der Waals surface area (Å²) in [6, 6.07) is 25.5. The highest BCUT2D eigenvalue weighted by molar-refractivity contribution is 8.22. The van der Waals surface area contributed by atoms with Gasteiger partial charge in [-0.3, -0.25) is 9.36 Å². The topological polar surface area (TPSA) is 50.6 Å². The van der Waals surface area contributed by atoms with Gasteiger partial charge in [-0.25, -0.2) is 4.98 Å². The summed E-state index contributed by atoms with van der Waals surface area (Å²) in [5.41, 5.74) is 2.69. The molecule has 6 nitrogen and oxygen atoms in total. The molecule has 39 heavy (non-hydrogen) atoms. The van der Waals surface area contributed by atoms with E-state index in [4.69, 9.17) is 21.9 Å². The maximum absolute atomic E-state index is 13.3. The van der Waals surface area contributed by atoms with E-state index in [1.165, 1.54) is 0 Å². The predicted octanol–water partition coefficient (Wildman–Crippen LogP) is 6.11. The van der Waals surface area contributed by atoms with E-state index in [2.05, 4.69) is 21.9 Å². The summed E-state index contributed by atoms with van der Waals surface area (Å²) in [7, 11) is 0. The molecule has 9 heteroatoms. The number of para-hydroxylation sites is 4. The lowest BCUT2D eigenvalue weighted by atomic mass is 10.2. The lowest BCUT2D eigenvalue weighted by Gasteiger charge is -2.37. The summed E-state index contributed by atoms with van der Waals surface area (Å²) >= 11 is 9.14. The van der Waals surface area contributed by atoms with E-state index in [-0.39, 0.29) is 5.56 Å². The summed E-state index contributed by atoms with van der Waals surface area (Å²) in [5, 5.41) is 1.36. The Morgan fingerprint density at radius 1 is 0.923 bits per heavy atom. The molecule has 0 saturated carbocycles. The molecule has 0 amide bonds. The number of rotatable bonds is 9. The molecule has 3 aromatic carbocycles. The number of nitrogens with zero attached hydrogens (tertiary/aromatic N) is 4. The highest BCUT2D eigenvalue weighted by Gasteiger charge is 2.21. The van der Waals surface area contributed by atoms with Crippen LogP contribution in [-0.2, 0) is 0 Å². The first-order valence-corrected chi connectivity index (χ1v) is 15.6. The van der Waals surface area contributed by atoms with Crippen LogP contribution in [0.4, 0.5) is 5.69 Å². The number of piperazine rings is 1. The monoisotopic (exact) mass is 576 g/mol. The Labute approximate surface area is 243 Å². The summed E-state index contributed by atoms with van der Waals surface area (Å²) in [4.78, 5) is 22.9. The van der Waals surface area contributed by atoms with E-state index in [1.807, 2.05) is 73.7 Å². The molecular weight excluding hydrogens is 545 g/mol. The Balaban J connectivity index is 1.14. The van der Waals surface area contributed by atoms with Crippen molar-refractivity contribution in [1.29, 1.82) is 0 Å². The number of anilines is 1. The number of hydrogen-bond acceptors (Lipinski definition) is 7. The van der Waals surface area contributed by atoms with E-state index >= 15 is 0 Å². The third-order valence-corrected chi connectivity index (χ3v) is 9.18. The molecule has 1 aliphatic heterocycles. The van der Waals surface area contributed by atoms with Gasteiger partial charge in [-0.2, -0.15) is 0 Å². The van der Waals surface area contributed by atoms with Crippen LogP contribution in [0.15, 0.2) is 88.8 Å². The zero-order chi connectivity index (χ0) is 27.0. The number of fused-ring (bicyclic) bond motifs is 1. The van der Waals surface area contributed by atoms with Gasteiger partial charge < -0.3 is 14.5 Å². The Morgan fingerprint density at radius 3 is 2.44 bits per heavy atom. The van der Waals surface area contributed by atoms with Crippen LogP contribution in [0.3, 0.4) is 0 Å². The Hall–Kier alpha value is -3.01. The molecule has 0 spiro atoms. The lowest BCUT2D eigenvalue weighted by molar-refractivity contribution is 0.337. The molecule has 1 fully saturated rings. The van der Waals surface area contributed by atoms with Gasteiger partial charge in [0.2, 0.25) is 0 Å². The smallest absolute Gasteiger partial charge is 0.266 e. The molecule has 1 aliphatic rings. The average molecular weight is 577 g/mol. The first-order valence-electron chi connectivity index (χ1n) is 13.2. The molecule has 0 bridgehead atoms. The number of ether oxygens (including phenoxy) is 1. The standard InChI is InChI=1S/C30H32N4O2S3/c1-2-36-27-16-9-8-15-26(27)32-17-19-33(20-18-32)30(37)39-22-10-21-38-29-31-25-14-7-6-13-24(25)28(35)34(29)23-11-4-3-5-12-23/h3-9,11-16H,2,10,17-22H2,1H3. The van der Waals surface area contributed by atoms with E-state index in [0.29, 0.717) is 12.0 Å². The molecule has 0 N–H and O–H groups in total. The van der Waals surface area contributed by atoms with E-state index in [0.717, 1.165) is 76.2 Å². The zero-order valence-corrected chi connectivity index (χ0v) is 24.4. The third-order valence-electron chi connectivity index (χ3n) is 6.55. The predicted molar refractivity (Wildman–Crippen MR) is 169 cm³/mol. The minimum Gasteiger partial charge on any atom is -0.492 e. The number of benzene rings is 3. The average Bonchev–Trinajstić information content (AvgIpc) is 2.98. The van der Waals surface area contributed by atoms with Crippen LogP contribution in [0.1, 0.15) is 13.3 Å². The second-order valence-corrected chi connectivity index (χ2v) is 11.9. The van der Waals surface area contributed by atoms with E-state index < -0.39 is 0 Å². The van der Waals surface area contributed by atoms with Gasteiger partial charge in [-0.1, -0.05) is 78.2 Å². The van der Waals surface area contributed by atoms with Crippen molar-refractivity contribution in [2.45, 2.75) is 18.5 Å². The van der Waals surface area contributed by atoms with Gasteiger partial charge in [-0.05, 0) is 49.7 Å². The minimum atomic E-state index is -0.0344. The second-order valence-electron chi connectivity index (χ2n) is 9.08. The van der Waals surface area contributed by atoms with Crippen molar-refractivity contribution < 1.29 is 4.74 Å². The SMILES string of the molecule is CCOc1ccccc1N1CCN(C(=S)SCCCSc2nc3ccccc3c(=O)n2-c2ccccc2)CC1. The molecule has 5 rings (SSSR count). The molecule has 2 heterocycles. The van der Waals surface area contributed by atoms with Crippen molar-refractivity contribution in [3.05, 3.63) is 89.2 Å². The normalized spacial score (nSPS) is 13.6. The van der Waals surface area contributed by atoms with Crippen molar-refractivity contribution in [3.63, 3.8) is 0 Å². The summed E-state index contributed by atoms with van der Waals surface area (Å²) in [6.07, 6.45) is 0.967. The van der Waals surface area contributed by atoms with Crippen LogP contribution in [0.2, 0.25) is 0 Å². The molecular formula is C30H32N4O2S3. The van der Waals surface area contributed by atoms with Gasteiger partial charge in [0.25, 0.3) is 5.56 Å². The van der Waals surface area contributed by atoms with Crippen LogP contribution in [0, 0.1) is 0 Å². The molecule has 4 aromatic rings. The van der Waals surface area contributed by atoms with E-state index in [9.17, 15) is 4.79 Å². The van der Waals surface area contributed by atoms with Crippen LogP contribution in [0.25, 0.3) is 16.6 Å². The molecule has 0 atom stereocenters. The highest BCUT2D eigenvalue weighted by Crippen LogP contribution is 2.29. The molecule has 1 saturated heterocycles. The third kappa shape index (κ3) is 6.59. The fourth-order valence-corrected chi connectivity index (χ4v) is 7.01. The van der Waals surface area contributed by atoms with Gasteiger partial charge >= 0.3 is 0 Å². The Morgan fingerprint density at radius 2 is 1.64 bits per heavy atom. The molecule has 1 aromatic heterocycles. The van der Waals surface area contributed by atoms with Crippen molar-refractivity contribution in [2.24, 2.45) is 0 Å².